The van der Waals surface area contributed by atoms with Crippen molar-refractivity contribution >= 4 is 17.8 Å². The molecule has 1 fully saturated rings. The number of amides is 4. The van der Waals surface area contributed by atoms with Gasteiger partial charge in [0.05, 0.1) is 0 Å². The Labute approximate surface area is 128 Å². The van der Waals surface area contributed by atoms with Crippen molar-refractivity contribution in [2.24, 2.45) is 5.73 Å². The summed E-state index contributed by atoms with van der Waals surface area (Å²) < 4.78 is 5.19. The van der Waals surface area contributed by atoms with Crippen LogP contribution in [0.2, 0.25) is 0 Å². The average molecular weight is 305 g/mol. The van der Waals surface area contributed by atoms with E-state index >= 15 is 0 Å². The van der Waals surface area contributed by atoms with Crippen LogP contribution in [0.3, 0.4) is 0 Å². The second-order valence-corrected chi connectivity index (χ2v) is 5.18. The van der Waals surface area contributed by atoms with Crippen molar-refractivity contribution in [1.82, 2.24) is 10.6 Å². The lowest BCUT2D eigenvalue weighted by molar-refractivity contribution is -0.121. The molecule has 0 bridgehead atoms. The van der Waals surface area contributed by atoms with Crippen LogP contribution in [0.15, 0.2) is 24.3 Å². The summed E-state index contributed by atoms with van der Waals surface area (Å²) in [5.41, 5.74) is 5.35. The van der Waals surface area contributed by atoms with Gasteiger partial charge in [-0.1, -0.05) is 12.8 Å². The zero-order valence-corrected chi connectivity index (χ0v) is 12.1. The van der Waals surface area contributed by atoms with Gasteiger partial charge in [-0.2, -0.15) is 0 Å². The maximum atomic E-state index is 12.0. The van der Waals surface area contributed by atoms with Crippen LogP contribution in [0.5, 0.6) is 5.75 Å². The quantitative estimate of drug-likeness (QED) is 0.751. The fraction of sp³-hybridized carbons (Fsp3) is 0.400. The largest absolute Gasteiger partial charge is 0.484 e. The van der Waals surface area contributed by atoms with Crippen LogP contribution in [0.4, 0.5) is 4.79 Å². The lowest BCUT2D eigenvalue weighted by atomic mass is 10.1. The van der Waals surface area contributed by atoms with Gasteiger partial charge in [-0.25, -0.2) is 4.79 Å². The highest BCUT2D eigenvalue weighted by atomic mass is 16.5. The monoisotopic (exact) mass is 305 g/mol. The minimum absolute atomic E-state index is 0.107. The number of primary amides is 1. The molecule has 1 aromatic carbocycles. The first-order chi connectivity index (χ1) is 10.5. The third-order valence-corrected chi connectivity index (χ3v) is 3.44. The molecule has 22 heavy (non-hydrogen) atoms. The number of carbonyl (C=O) groups excluding carboxylic acids is 3. The standard InChI is InChI=1S/C15H19N3O4/c16-15(21)18-13(19)9-22-12-7-5-10(6-8-12)14(20)17-11-3-1-2-4-11/h5-8,11H,1-4,9H2,(H,17,20)(H3,16,18,19,21). The average Bonchev–Trinajstić information content (AvgIpc) is 2.98. The molecule has 4 amide bonds. The lowest BCUT2D eigenvalue weighted by Crippen LogP contribution is -2.38. The summed E-state index contributed by atoms with van der Waals surface area (Å²) >= 11 is 0. The Kier molecular flexibility index (Phi) is 5.35. The number of carbonyl (C=O) groups is 3. The van der Waals surface area contributed by atoms with Gasteiger partial charge in [0, 0.05) is 11.6 Å². The lowest BCUT2D eigenvalue weighted by Gasteiger charge is -2.12. The highest BCUT2D eigenvalue weighted by Crippen LogP contribution is 2.18. The van der Waals surface area contributed by atoms with Gasteiger partial charge in [-0.05, 0) is 37.1 Å². The van der Waals surface area contributed by atoms with E-state index in [1.165, 1.54) is 0 Å². The van der Waals surface area contributed by atoms with E-state index in [0.717, 1.165) is 25.7 Å². The van der Waals surface area contributed by atoms with Crippen LogP contribution < -0.4 is 21.1 Å². The van der Waals surface area contributed by atoms with E-state index in [1.807, 2.05) is 5.32 Å². The second-order valence-electron chi connectivity index (χ2n) is 5.18. The van der Waals surface area contributed by atoms with E-state index in [-0.39, 0.29) is 18.6 Å². The molecule has 1 saturated carbocycles. The Morgan fingerprint density at radius 3 is 2.36 bits per heavy atom. The summed E-state index contributed by atoms with van der Waals surface area (Å²) in [4.78, 5) is 33.7. The minimum Gasteiger partial charge on any atom is -0.484 e. The molecule has 1 aliphatic carbocycles. The van der Waals surface area contributed by atoms with Crippen molar-refractivity contribution in [3.05, 3.63) is 29.8 Å². The van der Waals surface area contributed by atoms with Crippen LogP contribution in [-0.2, 0) is 4.79 Å². The molecule has 0 spiro atoms. The molecule has 1 aromatic rings. The van der Waals surface area contributed by atoms with Crippen molar-refractivity contribution in [3.63, 3.8) is 0 Å². The summed E-state index contributed by atoms with van der Waals surface area (Å²) in [5, 5.41) is 4.88. The van der Waals surface area contributed by atoms with Crippen LogP contribution in [0, 0.1) is 0 Å². The van der Waals surface area contributed by atoms with Gasteiger partial charge in [-0.3, -0.25) is 14.9 Å². The molecule has 0 radical (unpaired) electrons. The van der Waals surface area contributed by atoms with Gasteiger partial charge in [-0.15, -0.1) is 0 Å². The molecular formula is C15H19N3O4. The molecule has 0 saturated heterocycles. The van der Waals surface area contributed by atoms with Crippen molar-refractivity contribution in [2.75, 3.05) is 6.61 Å². The number of imide groups is 1. The summed E-state index contributed by atoms with van der Waals surface area (Å²) in [6.45, 7) is -0.323. The molecule has 0 heterocycles. The van der Waals surface area contributed by atoms with E-state index in [4.69, 9.17) is 10.5 Å². The van der Waals surface area contributed by atoms with Crippen LogP contribution in [0.25, 0.3) is 0 Å². The van der Waals surface area contributed by atoms with Crippen molar-refractivity contribution in [3.8, 4) is 5.75 Å². The van der Waals surface area contributed by atoms with Crippen LogP contribution in [-0.4, -0.2) is 30.5 Å². The molecule has 118 valence electrons. The molecule has 0 atom stereocenters. The van der Waals surface area contributed by atoms with E-state index in [0.29, 0.717) is 11.3 Å². The predicted molar refractivity (Wildman–Crippen MR) is 79.4 cm³/mol. The van der Waals surface area contributed by atoms with Crippen molar-refractivity contribution in [2.45, 2.75) is 31.7 Å². The van der Waals surface area contributed by atoms with Crippen LogP contribution >= 0.6 is 0 Å². The third-order valence-electron chi connectivity index (χ3n) is 3.44. The van der Waals surface area contributed by atoms with Gasteiger partial charge in [0.2, 0.25) is 0 Å². The second kappa shape index (κ2) is 7.44. The zero-order chi connectivity index (χ0) is 15.9. The number of hydrogen-bond donors (Lipinski definition) is 3. The maximum Gasteiger partial charge on any atom is 0.318 e. The van der Waals surface area contributed by atoms with Crippen molar-refractivity contribution in [1.29, 1.82) is 0 Å². The van der Waals surface area contributed by atoms with E-state index in [2.05, 4.69) is 5.32 Å². The first-order valence-electron chi connectivity index (χ1n) is 7.17. The molecule has 7 nitrogen and oxygen atoms in total. The molecule has 0 unspecified atom stereocenters. The fourth-order valence-electron chi connectivity index (χ4n) is 2.36. The summed E-state index contributed by atoms with van der Waals surface area (Å²) in [7, 11) is 0. The first kappa shape index (κ1) is 15.8. The molecule has 1 aliphatic rings. The normalized spacial score (nSPS) is 14.4. The minimum atomic E-state index is -0.924. The van der Waals surface area contributed by atoms with Gasteiger partial charge < -0.3 is 15.8 Å². The number of ether oxygens (including phenoxy) is 1. The van der Waals surface area contributed by atoms with Gasteiger partial charge in [0.15, 0.2) is 6.61 Å². The number of rotatable bonds is 5. The summed E-state index contributed by atoms with van der Waals surface area (Å²) in [6.07, 6.45) is 4.38. The van der Waals surface area contributed by atoms with Gasteiger partial charge >= 0.3 is 6.03 Å². The highest BCUT2D eigenvalue weighted by molar-refractivity contribution is 5.95. The third kappa shape index (κ3) is 4.76. The molecule has 0 aliphatic heterocycles. The topological polar surface area (TPSA) is 111 Å². The number of nitrogens with two attached hydrogens (primary N) is 1. The smallest absolute Gasteiger partial charge is 0.318 e. The van der Waals surface area contributed by atoms with Gasteiger partial charge in [0.25, 0.3) is 11.8 Å². The molecular weight excluding hydrogens is 286 g/mol. The maximum absolute atomic E-state index is 12.0. The molecule has 2 rings (SSSR count). The van der Waals surface area contributed by atoms with Crippen LogP contribution in [0.1, 0.15) is 36.0 Å². The first-order valence-corrected chi connectivity index (χ1v) is 7.17. The zero-order valence-electron chi connectivity index (χ0n) is 12.1. The number of nitrogens with one attached hydrogen (secondary N) is 2. The number of urea groups is 1. The number of benzene rings is 1. The SMILES string of the molecule is NC(=O)NC(=O)COc1ccc(C(=O)NC2CCCC2)cc1. The van der Waals surface area contributed by atoms with E-state index in [9.17, 15) is 14.4 Å². The Morgan fingerprint density at radius 2 is 1.77 bits per heavy atom. The Bertz CT molecular complexity index is 550. The van der Waals surface area contributed by atoms with E-state index in [1.54, 1.807) is 24.3 Å². The van der Waals surface area contributed by atoms with Gasteiger partial charge in [0.1, 0.15) is 5.75 Å². The van der Waals surface area contributed by atoms with Crippen molar-refractivity contribution < 1.29 is 19.1 Å². The molecule has 0 aromatic heterocycles. The fourth-order valence-corrected chi connectivity index (χ4v) is 2.36. The number of hydrogen-bond acceptors (Lipinski definition) is 4. The summed E-state index contributed by atoms with van der Waals surface area (Å²) in [5.74, 6) is -0.308. The Balaban J connectivity index is 1.82. The Morgan fingerprint density at radius 1 is 1.14 bits per heavy atom. The summed E-state index contributed by atoms with van der Waals surface area (Å²) in [6, 6.07) is 5.80. The predicted octanol–water partition coefficient (Wildman–Crippen LogP) is 0.933. The highest BCUT2D eigenvalue weighted by Gasteiger charge is 2.17. The molecule has 7 heteroatoms. The Hall–Kier alpha value is -2.57. The van der Waals surface area contributed by atoms with E-state index < -0.39 is 11.9 Å². The molecule has 4 N–H and O–H groups in total.